The molecule has 0 amide bonds. The molecule has 2 nitrogen and oxygen atoms in total. The minimum Gasteiger partial charge on any atom is -0.478 e. The SMILES string of the molecule is Cc1sc2cccc(C(=O)O)c2c1S. The molecule has 1 aromatic heterocycles. The van der Waals surface area contributed by atoms with Crippen molar-refractivity contribution >= 4 is 40.0 Å². The van der Waals surface area contributed by atoms with Crippen molar-refractivity contribution in [1.82, 2.24) is 0 Å². The van der Waals surface area contributed by atoms with Crippen LogP contribution in [0.15, 0.2) is 23.1 Å². The second kappa shape index (κ2) is 3.29. The molecule has 0 radical (unpaired) electrons. The van der Waals surface area contributed by atoms with Gasteiger partial charge in [0.25, 0.3) is 0 Å². The lowest BCUT2D eigenvalue weighted by molar-refractivity contribution is 0.0699. The molecule has 1 aromatic carbocycles. The Kier molecular flexibility index (Phi) is 2.25. The highest BCUT2D eigenvalue weighted by Gasteiger charge is 2.13. The second-order valence-electron chi connectivity index (χ2n) is 2.99. The molecule has 0 bridgehead atoms. The lowest BCUT2D eigenvalue weighted by Gasteiger charge is -1.97. The number of carbonyl (C=O) groups is 1. The summed E-state index contributed by atoms with van der Waals surface area (Å²) in [5, 5.41) is 9.74. The molecular weight excluding hydrogens is 216 g/mol. The molecule has 0 fully saturated rings. The van der Waals surface area contributed by atoms with Crippen LogP contribution in [0.25, 0.3) is 10.1 Å². The van der Waals surface area contributed by atoms with Crippen LogP contribution in [0, 0.1) is 6.92 Å². The maximum atomic E-state index is 10.9. The van der Waals surface area contributed by atoms with Gasteiger partial charge in [-0.15, -0.1) is 24.0 Å². The Morgan fingerprint density at radius 3 is 2.86 bits per heavy atom. The van der Waals surface area contributed by atoms with Gasteiger partial charge in [-0.2, -0.15) is 0 Å². The van der Waals surface area contributed by atoms with E-state index in [2.05, 4.69) is 12.6 Å². The van der Waals surface area contributed by atoms with Crippen molar-refractivity contribution in [2.45, 2.75) is 11.8 Å². The molecule has 1 heterocycles. The van der Waals surface area contributed by atoms with Gasteiger partial charge in [-0.3, -0.25) is 0 Å². The van der Waals surface area contributed by atoms with E-state index in [4.69, 9.17) is 5.11 Å². The number of aromatic carboxylic acids is 1. The number of rotatable bonds is 1. The summed E-state index contributed by atoms with van der Waals surface area (Å²) in [6.07, 6.45) is 0. The summed E-state index contributed by atoms with van der Waals surface area (Å²) in [5.74, 6) is -0.899. The maximum absolute atomic E-state index is 10.9. The summed E-state index contributed by atoms with van der Waals surface area (Å²) in [6, 6.07) is 5.28. The van der Waals surface area contributed by atoms with E-state index in [1.807, 2.05) is 13.0 Å². The molecular formula is C10H8O2S2. The number of carboxylic acids is 1. The van der Waals surface area contributed by atoms with Crippen molar-refractivity contribution < 1.29 is 9.90 Å². The Labute approximate surface area is 90.6 Å². The fourth-order valence-corrected chi connectivity index (χ4v) is 2.87. The lowest BCUT2D eigenvalue weighted by Crippen LogP contribution is -1.96. The third-order valence-corrected chi connectivity index (χ3v) is 3.87. The number of fused-ring (bicyclic) bond motifs is 1. The third-order valence-electron chi connectivity index (χ3n) is 2.09. The number of benzene rings is 1. The number of thiol groups is 1. The van der Waals surface area contributed by atoms with Gasteiger partial charge in [-0.25, -0.2) is 4.79 Å². The Hall–Kier alpha value is -1.00. The molecule has 1 N–H and O–H groups in total. The van der Waals surface area contributed by atoms with Gasteiger partial charge in [0.1, 0.15) is 0 Å². The maximum Gasteiger partial charge on any atom is 0.336 e. The Morgan fingerprint density at radius 1 is 1.50 bits per heavy atom. The van der Waals surface area contributed by atoms with Crippen LogP contribution in [-0.2, 0) is 0 Å². The van der Waals surface area contributed by atoms with Crippen LogP contribution in [-0.4, -0.2) is 11.1 Å². The quantitative estimate of drug-likeness (QED) is 0.730. The van der Waals surface area contributed by atoms with Crippen molar-refractivity contribution in [2.24, 2.45) is 0 Å². The van der Waals surface area contributed by atoms with Crippen LogP contribution in [0.3, 0.4) is 0 Å². The minimum absolute atomic E-state index is 0.330. The van der Waals surface area contributed by atoms with Gasteiger partial charge in [-0.1, -0.05) is 6.07 Å². The molecule has 72 valence electrons. The molecule has 0 aliphatic rings. The van der Waals surface area contributed by atoms with E-state index in [0.717, 1.165) is 19.9 Å². The van der Waals surface area contributed by atoms with E-state index in [1.165, 1.54) is 0 Å². The Morgan fingerprint density at radius 2 is 2.21 bits per heavy atom. The van der Waals surface area contributed by atoms with Crippen molar-refractivity contribution in [3.8, 4) is 0 Å². The van der Waals surface area contributed by atoms with Crippen molar-refractivity contribution in [3.63, 3.8) is 0 Å². The first-order valence-corrected chi connectivity index (χ1v) is 5.32. The molecule has 0 aliphatic heterocycles. The van der Waals surface area contributed by atoms with Gasteiger partial charge >= 0.3 is 5.97 Å². The van der Waals surface area contributed by atoms with Gasteiger partial charge < -0.3 is 5.11 Å². The Balaban J connectivity index is 2.91. The standard InChI is InChI=1S/C10H8O2S2/c1-5-9(13)8-6(10(11)12)3-2-4-7(8)14-5/h2-4,13H,1H3,(H,11,12). The minimum atomic E-state index is -0.899. The molecule has 0 atom stereocenters. The number of thiophene rings is 1. The van der Waals surface area contributed by atoms with Crippen molar-refractivity contribution in [3.05, 3.63) is 28.6 Å². The largest absolute Gasteiger partial charge is 0.478 e. The van der Waals surface area contributed by atoms with E-state index in [1.54, 1.807) is 23.5 Å². The van der Waals surface area contributed by atoms with E-state index in [0.29, 0.717) is 5.56 Å². The van der Waals surface area contributed by atoms with Gasteiger partial charge in [-0.05, 0) is 19.1 Å². The van der Waals surface area contributed by atoms with E-state index >= 15 is 0 Å². The molecule has 0 saturated heterocycles. The van der Waals surface area contributed by atoms with Crippen LogP contribution in [0.1, 0.15) is 15.2 Å². The average molecular weight is 224 g/mol. The van der Waals surface area contributed by atoms with E-state index in [-0.39, 0.29) is 0 Å². The summed E-state index contributed by atoms with van der Waals surface area (Å²) in [4.78, 5) is 12.8. The molecule has 2 rings (SSSR count). The fourth-order valence-electron chi connectivity index (χ4n) is 1.43. The van der Waals surface area contributed by atoms with Crippen LogP contribution in [0.5, 0.6) is 0 Å². The molecule has 2 aromatic rings. The van der Waals surface area contributed by atoms with Crippen LogP contribution in [0.2, 0.25) is 0 Å². The number of carboxylic acid groups (broad SMARTS) is 1. The Bertz CT molecular complexity index is 514. The second-order valence-corrected chi connectivity index (χ2v) is 4.69. The smallest absolute Gasteiger partial charge is 0.336 e. The first-order chi connectivity index (χ1) is 6.61. The van der Waals surface area contributed by atoms with Crippen LogP contribution in [0.4, 0.5) is 0 Å². The lowest BCUT2D eigenvalue weighted by atomic mass is 10.1. The predicted octanol–water partition coefficient (Wildman–Crippen LogP) is 3.20. The van der Waals surface area contributed by atoms with Gasteiger partial charge in [0.05, 0.1) is 5.56 Å². The monoisotopic (exact) mass is 224 g/mol. The molecule has 0 unspecified atom stereocenters. The van der Waals surface area contributed by atoms with Crippen molar-refractivity contribution in [2.75, 3.05) is 0 Å². The number of aryl methyl sites for hydroxylation is 1. The zero-order chi connectivity index (χ0) is 10.3. The highest BCUT2D eigenvalue weighted by Crippen LogP contribution is 2.35. The highest BCUT2D eigenvalue weighted by atomic mass is 32.1. The fraction of sp³-hybridized carbons (Fsp3) is 0.100. The number of hydrogen-bond acceptors (Lipinski definition) is 3. The molecule has 14 heavy (non-hydrogen) atoms. The molecule has 0 saturated carbocycles. The zero-order valence-corrected chi connectivity index (χ0v) is 9.15. The van der Waals surface area contributed by atoms with Crippen LogP contribution >= 0.6 is 24.0 Å². The van der Waals surface area contributed by atoms with E-state index in [9.17, 15) is 4.79 Å². The van der Waals surface area contributed by atoms with Gasteiger partial charge in [0.15, 0.2) is 0 Å². The molecule has 0 spiro atoms. The summed E-state index contributed by atoms with van der Waals surface area (Å²) in [6.45, 7) is 1.94. The summed E-state index contributed by atoms with van der Waals surface area (Å²) >= 11 is 5.90. The average Bonchev–Trinajstić information content (AvgIpc) is 2.43. The summed E-state index contributed by atoms with van der Waals surface area (Å²) < 4.78 is 0.979. The molecule has 4 heteroatoms. The predicted molar refractivity (Wildman–Crippen MR) is 60.8 cm³/mol. The third kappa shape index (κ3) is 1.31. The number of hydrogen-bond donors (Lipinski definition) is 2. The highest BCUT2D eigenvalue weighted by molar-refractivity contribution is 7.80. The van der Waals surface area contributed by atoms with Crippen molar-refractivity contribution in [1.29, 1.82) is 0 Å². The summed E-state index contributed by atoms with van der Waals surface area (Å²) in [5.41, 5.74) is 0.330. The molecule has 0 aliphatic carbocycles. The first-order valence-electron chi connectivity index (χ1n) is 4.05. The summed E-state index contributed by atoms with van der Waals surface area (Å²) in [7, 11) is 0. The topological polar surface area (TPSA) is 37.3 Å². The van der Waals surface area contributed by atoms with Gasteiger partial charge in [0.2, 0.25) is 0 Å². The van der Waals surface area contributed by atoms with Gasteiger partial charge in [0, 0.05) is 19.9 Å². The van der Waals surface area contributed by atoms with E-state index < -0.39 is 5.97 Å². The normalized spacial score (nSPS) is 10.7. The first kappa shape index (κ1) is 9.55. The van der Waals surface area contributed by atoms with Crippen LogP contribution < -0.4 is 0 Å². The zero-order valence-electron chi connectivity index (χ0n) is 7.44.